The topological polar surface area (TPSA) is 69.0 Å². The molecule has 0 spiro atoms. The number of amides is 1. The number of nitrogens with zero attached hydrogens (tertiary/aromatic N) is 3. The van der Waals surface area contributed by atoms with E-state index in [9.17, 15) is 13.6 Å². The maximum absolute atomic E-state index is 13.8. The van der Waals surface area contributed by atoms with Crippen molar-refractivity contribution in [1.29, 1.82) is 0 Å². The van der Waals surface area contributed by atoms with Gasteiger partial charge >= 0.3 is 0 Å². The van der Waals surface area contributed by atoms with E-state index in [-0.39, 0.29) is 24.1 Å². The maximum atomic E-state index is 13.8. The number of aromatic nitrogens is 3. The van der Waals surface area contributed by atoms with Crippen molar-refractivity contribution < 1.29 is 18.3 Å². The molecule has 0 fully saturated rings. The minimum Gasteiger partial charge on any atom is -0.436 e. The Morgan fingerprint density at radius 1 is 1.31 bits per heavy atom. The lowest BCUT2D eigenvalue weighted by Crippen LogP contribution is -2.30. The average Bonchev–Trinajstić information content (AvgIpc) is 3.17. The van der Waals surface area contributed by atoms with Gasteiger partial charge < -0.3 is 14.6 Å². The molecule has 0 aliphatic heterocycles. The summed E-state index contributed by atoms with van der Waals surface area (Å²) in [5, 5.41) is 2.78. The van der Waals surface area contributed by atoms with Crippen LogP contribution < -0.4 is 10.1 Å². The van der Waals surface area contributed by atoms with E-state index in [0.29, 0.717) is 5.56 Å². The van der Waals surface area contributed by atoms with Gasteiger partial charge in [-0.25, -0.2) is 18.7 Å². The first-order valence-electron chi connectivity index (χ1n) is 7.86. The predicted octanol–water partition coefficient (Wildman–Crippen LogP) is 3.23. The Balaban J connectivity index is 1.70. The highest BCUT2D eigenvalue weighted by Crippen LogP contribution is 2.26. The van der Waals surface area contributed by atoms with Crippen molar-refractivity contribution in [3.05, 3.63) is 72.4 Å². The fraction of sp³-hybridized carbons (Fsp3) is 0.167. The molecule has 1 amide bonds. The highest BCUT2D eigenvalue weighted by molar-refractivity contribution is 5.79. The number of hydrogen-bond donors (Lipinski definition) is 1. The number of nitrogens with one attached hydrogen (secondary N) is 1. The summed E-state index contributed by atoms with van der Waals surface area (Å²) in [5.74, 6) is -1.76. The molecule has 2 heterocycles. The lowest BCUT2D eigenvalue weighted by Gasteiger charge is -2.15. The minimum absolute atomic E-state index is 0.133. The number of rotatable bonds is 6. The second-order valence-electron chi connectivity index (χ2n) is 5.55. The number of carbonyl (C=O) groups is 1. The van der Waals surface area contributed by atoms with Crippen molar-refractivity contribution in [3.8, 4) is 11.6 Å². The van der Waals surface area contributed by atoms with Crippen LogP contribution in [-0.4, -0.2) is 20.4 Å². The Kier molecular flexibility index (Phi) is 5.21. The molecule has 1 atom stereocenters. The van der Waals surface area contributed by atoms with Gasteiger partial charge in [0.15, 0.2) is 11.6 Å². The summed E-state index contributed by atoms with van der Waals surface area (Å²) in [5.41, 5.74) is 0.558. The number of halogens is 2. The van der Waals surface area contributed by atoms with Gasteiger partial charge in [0.1, 0.15) is 11.9 Å². The van der Waals surface area contributed by atoms with E-state index in [0.717, 1.165) is 12.1 Å². The van der Waals surface area contributed by atoms with Crippen LogP contribution in [0.3, 0.4) is 0 Å². The van der Waals surface area contributed by atoms with Crippen LogP contribution >= 0.6 is 0 Å². The van der Waals surface area contributed by atoms with Crippen LogP contribution in [0, 0.1) is 11.6 Å². The van der Waals surface area contributed by atoms with E-state index in [1.54, 1.807) is 42.3 Å². The smallest absolute Gasteiger partial charge is 0.243 e. The number of hydrogen-bond acceptors (Lipinski definition) is 4. The molecule has 1 unspecified atom stereocenters. The van der Waals surface area contributed by atoms with Gasteiger partial charge in [-0.05, 0) is 25.1 Å². The second-order valence-corrected chi connectivity index (χ2v) is 5.55. The standard InChI is InChI=1S/C18H16F2N4O2/c1-12(24-8-7-21-11-24)17(25)23-10-13-3-2-6-22-18(13)26-16-5-4-14(19)9-15(16)20/h2-9,11-12H,10H2,1H3,(H,23,25). The van der Waals surface area contributed by atoms with Crippen LogP contribution in [0.2, 0.25) is 0 Å². The monoisotopic (exact) mass is 358 g/mol. The lowest BCUT2D eigenvalue weighted by molar-refractivity contribution is -0.124. The molecule has 134 valence electrons. The molecule has 0 aliphatic carbocycles. The molecule has 0 radical (unpaired) electrons. The Labute approximate surface area is 148 Å². The van der Waals surface area contributed by atoms with E-state index in [1.165, 1.54) is 12.3 Å². The summed E-state index contributed by atoms with van der Waals surface area (Å²) in [4.78, 5) is 20.2. The summed E-state index contributed by atoms with van der Waals surface area (Å²) in [6.07, 6.45) is 6.32. The van der Waals surface area contributed by atoms with Crippen LogP contribution in [0.5, 0.6) is 11.6 Å². The minimum atomic E-state index is -0.834. The summed E-state index contributed by atoms with van der Waals surface area (Å²) in [7, 11) is 0. The van der Waals surface area contributed by atoms with Crippen molar-refractivity contribution in [1.82, 2.24) is 19.9 Å². The summed E-state index contributed by atoms with van der Waals surface area (Å²) < 4.78 is 33.9. The van der Waals surface area contributed by atoms with Crippen molar-refractivity contribution in [2.75, 3.05) is 0 Å². The van der Waals surface area contributed by atoms with E-state index >= 15 is 0 Å². The normalized spacial score (nSPS) is 11.8. The third kappa shape index (κ3) is 4.02. The van der Waals surface area contributed by atoms with Crippen LogP contribution in [-0.2, 0) is 11.3 Å². The largest absolute Gasteiger partial charge is 0.436 e. The Hall–Kier alpha value is -3.29. The summed E-state index contributed by atoms with van der Waals surface area (Å²) in [6.45, 7) is 1.88. The third-order valence-electron chi connectivity index (χ3n) is 3.76. The van der Waals surface area contributed by atoms with E-state index in [1.807, 2.05) is 0 Å². The van der Waals surface area contributed by atoms with Crippen LogP contribution in [0.4, 0.5) is 8.78 Å². The average molecular weight is 358 g/mol. The zero-order chi connectivity index (χ0) is 18.5. The summed E-state index contributed by atoms with van der Waals surface area (Å²) >= 11 is 0. The lowest BCUT2D eigenvalue weighted by atomic mass is 10.2. The predicted molar refractivity (Wildman–Crippen MR) is 89.5 cm³/mol. The number of pyridine rings is 1. The second kappa shape index (κ2) is 7.73. The van der Waals surface area contributed by atoms with Crippen molar-refractivity contribution >= 4 is 5.91 Å². The van der Waals surface area contributed by atoms with Crippen molar-refractivity contribution in [2.45, 2.75) is 19.5 Å². The van der Waals surface area contributed by atoms with Crippen LogP contribution in [0.15, 0.2) is 55.2 Å². The molecule has 1 aromatic carbocycles. The Morgan fingerprint density at radius 3 is 2.88 bits per heavy atom. The number of imidazole rings is 1. The fourth-order valence-corrected chi connectivity index (χ4v) is 2.28. The SMILES string of the molecule is CC(C(=O)NCc1cccnc1Oc1ccc(F)cc1F)n1ccnc1. The third-order valence-corrected chi connectivity index (χ3v) is 3.76. The number of carbonyl (C=O) groups excluding carboxylic acids is 1. The zero-order valence-corrected chi connectivity index (χ0v) is 13.9. The molecule has 0 aliphatic rings. The van der Waals surface area contributed by atoms with Gasteiger partial charge in [0.2, 0.25) is 11.8 Å². The van der Waals surface area contributed by atoms with E-state index in [2.05, 4.69) is 15.3 Å². The van der Waals surface area contributed by atoms with Gasteiger partial charge in [0.05, 0.1) is 6.33 Å². The van der Waals surface area contributed by atoms with E-state index < -0.39 is 17.7 Å². The first kappa shape index (κ1) is 17.5. The van der Waals surface area contributed by atoms with Crippen LogP contribution in [0.25, 0.3) is 0 Å². The Bertz CT molecular complexity index is 900. The molecule has 1 N–H and O–H groups in total. The van der Waals surface area contributed by atoms with Gasteiger partial charge in [-0.1, -0.05) is 6.07 Å². The first-order valence-corrected chi connectivity index (χ1v) is 7.86. The molecule has 26 heavy (non-hydrogen) atoms. The van der Waals surface area contributed by atoms with E-state index in [4.69, 9.17) is 4.74 Å². The fourth-order valence-electron chi connectivity index (χ4n) is 2.28. The molecule has 0 saturated carbocycles. The molecule has 6 nitrogen and oxygen atoms in total. The first-order chi connectivity index (χ1) is 12.5. The zero-order valence-electron chi connectivity index (χ0n) is 13.9. The quantitative estimate of drug-likeness (QED) is 0.735. The molecule has 8 heteroatoms. The Morgan fingerprint density at radius 2 is 2.15 bits per heavy atom. The number of ether oxygens (including phenoxy) is 1. The summed E-state index contributed by atoms with van der Waals surface area (Å²) in [6, 6.07) is 5.94. The number of benzene rings is 1. The molecular weight excluding hydrogens is 342 g/mol. The molecule has 0 bridgehead atoms. The van der Waals surface area contributed by atoms with Crippen molar-refractivity contribution in [3.63, 3.8) is 0 Å². The molecule has 3 aromatic rings. The maximum Gasteiger partial charge on any atom is 0.243 e. The van der Waals surface area contributed by atoms with Gasteiger partial charge in [0.25, 0.3) is 0 Å². The molecule has 0 saturated heterocycles. The molecular formula is C18H16F2N4O2. The highest BCUT2D eigenvalue weighted by Gasteiger charge is 2.16. The van der Waals surface area contributed by atoms with Gasteiger partial charge in [-0.15, -0.1) is 0 Å². The van der Waals surface area contributed by atoms with Gasteiger partial charge in [0, 0.05) is 36.8 Å². The van der Waals surface area contributed by atoms with Gasteiger partial charge in [-0.2, -0.15) is 0 Å². The highest BCUT2D eigenvalue weighted by atomic mass is 19.1. The van der Waals surface area contributed by atoms with Gasteiger partial charge in [-0.3, -0.25) is 4.79 Å². The molecule has 3 rings (SSSR count). The van der Waals surface area contributed by atoms with Crippen LogP contribution in [0.1, 0.15) is 18.5 Å². The molecule has 2 aromatic heterocycles. The van der Waals surface area contributed by atoms with Crippen molar-refractivity contribution in [2.24, 2.45) is 0 Å².